The van der Waals surface area contributed by atoms with Crippen molar-refractivity contribution in [2.45, 2.75) is 52.4 Å². The first-order valence-corrected chi connectivity index (χ1v) is 9.52. The molecule has 1 N–H and O–H groups in total. The number of benzene rings is 1. The van der Waals surface area contributed by atoms with Crippen LogP contribution in [0.1, 0.15) is 39.2 Å². The van der Waals surface area contributed by atoms with Crippen LogP contribution in [0.5, 0.6) is 5.75 Å². The van der Waals surface area contributed by atoms with Gasteiger partial charge >= 0.3 is 0 Å². The fraction of sp³-hybridized carbons (Fsp3) is 0.600. The second-order valence-electron chi connectivity index (χ2n) is 7.60. The smallest absolute Gasteiger partial charge is 0.245 e. The highest BCUT2D eigenvalue weighted by Crippen LogP contribution is 2.27. The van der Waals surface area contributed by atoms with Crippen LogP contribution in [0, 0.1) is 5.92 Å². The summed E-state index contributed by atoms with van der Waals surface area (Å²) in [4.78, 5) is 31.3. The van der Waals surface area contributed by atoms with Crippen molar-refractivity contribution in [1.29, 1.82) is 0 Å². The number of piperazine rings is 1. The van der Waals surface area contributed by atoms with Crippen molar-refractivity contribution in [2.24, 2.45) is 5.92 Å². The van der Waals surface area contributed by atoms with Crippen molar-refractivity contribution in [1.82, 2.24) is 14.7 Å². The average molecular weight is 359 g/mol. The number of rotatable bonds is 5. The van der Waals surface area contributed by atoms with Crippen LogP contribution in [-0.4, -0.2) is 63.5 Å². The molecule has 2 saturated heterocycles. The molecule has 2 aliphatic heterocycles. The van der Waals surface area contributed by atoms with Gasteiger partial charge in [-0.3, -0.25) is 14.5 Å². The molecule has 3 atom stereocenters. The van der Waals surface area contributed by atoms with Crippen LogP contribution in [0.3, 0.4) is 0 Å². The van der Waals surface area contributed by atoms with Gasteiger partial charge in [0, 0.05) is 26.1 Å². The van der Waals surface area contributed by atoms with E-state index < -0.39 is 6.04 Å². The van der Waals surface area contributed by atoms with Crippen LogP contribution in [0.25, 0.3) is 0 Å². The van der Waals surface area contributed by atoms with Gasteiger partial charge in [-0.2, -0.15) is 0 Å². The minimum atomic E-state index is -0.409. The van der Waals surface area contributed by atoms with E-state index in [1.165, 1.54) is 0 Å². The van der Waals surface area contributed by atoms with E-state index in [9.17, 15) is 14.7 Å². The number of aromatic hydroxyl groups is 1. The van der Waals surface area contributed by atoms with Crippen LogP contribution >= 0.6 is 0 Å². The predicted octanol–water partition coefficient (Wildman–Crippen LogP) is 2.03. The summed E-state index contributed by atoms with van der Waals surface area (Å²) >= 11 is 0. The molecule has 0 radical (unpaired) electrons. The Morgan fingerprint density at radius 1 is 1.23 bits per heavy atom. The Morgan fingerprint density at radius 3 is 2.58 bits per heavy atom. The van der Waals surface area contributed by atoms with Crippen LogP contribution in [0.4, 0.5) is 0 Å². The maximum Gasteiger partial charge on any atom is 0.245 e. The van der Waals surface area contributed by atoms with Crippen molar-refractivity contribution in [3.8, 4) is 5.75 Å². The topological polar surface area (TPSA) is 64.1 Å². The first-order chi connectivity index (χ1) is 12.4. The SMILES string of the molecule is CCC(C)CN1CC2N(Cc3ccc(O)cc3)CCC(=O)N2[C@H](C)C1=O. The Labute approximate surface area is 155 Å². The zero-order chi connectivity index (χ0) is 18.8. The molecule has 2 fully saturated rings. The summed E-state index contributed by atoms with van der Waals surface area (Å²) in [6.45, 7) is 8.84. The predicted molar refractivity (Wildman–Crippen MR) is 99.3 cm³/mol. The first kappa shape index (κ1) is 18.7. The van der Waals surface area contributed by atoms with E-state index in [1.54, 1.807) is 17.0 Å². The highest BCUT2D eigenvalue weighted by Gasteiger charge is 2.45. The van der Waals surface area contributed by atoms with Gasteiger partial charge in [0.05, 0.1) is 6.54 Å². The van der Waals surface area contributed by atoms with Gasteiger partial charge in [0.1, 0.15) is 18.0 Å². The second kappa shape index (κ2) is 7.66. The Bertz CT molecular complexity index is 661. The second-order valence-corrected chi connectivity index (χ2v) is 7.60. The van der Waals surface area contributed by atoms with Crippen molar-refractivity contribution >= 4 is 11.8 Å². The molecule has 6 heteroatoms. The molecule has 1 aromatic carbocycles. The summed E-state index contributed by atoms with van der Waals surface area (Å²) in [5.74, 6) is 0.825. The average Bonchev–Trinajstić information content (AvgIpc) is 2.63. The summed E-state index contributed by atoms with van der Waals surface area (Å²) in [7, 11) is 0. The third kappa shape index (κ3) is 3.70. The highest BCUT2D eigenvalue weighted by molar-refractivity contribution is 5.89. The quantitative estimate of drug-likeness (QED) is 0.874. The van der Waals surface area contributed by atoms with E-state index in [0.29, 0.717) is 32.0 Å². The molecule has 3 rings (SSSR count). The monoisotopic (exact) mass is 359 g/mol. The van der Waals surface area contributed by atoms with E-state index in [2.05, 4.69) is 18.7 Å². The molecule has 1 aromatic rings. The molecule has 2 amide bonds. The largest absolute Gasteiger partial charge is 0.508 e. The van der Waals surface area contributed by atoms with Crippen molar-refractivity contribution < 1.29 is 14.7 Å². The van der Waals surface area contributed by atoms with Gasteiger partial charge in [0.15, 0.2) is 0 Å². The first-order valence-electron chi connectivity index (χ1n) is 9.52. The molecule has 0 aromatic heterocycles. The summed E-state index contributed by atoms with van der Waals surface area (Å²) in [6, 6.07) is 6.77. The molecule has 0 spiro atoms. The molecule has 0 saturated carbocycles. The van der Waals surface area contributed by atoms with Gasteiger partial charge < -0.3 is 14.9 Å². The summed E-state index contributed by atoms with van der Waals surface area (Å²) in [6.07, 6.45) is 1.39. The number of hydrogen-bond donors (Lipinski definition) is 1. The van der Waals surface area contributed by atoms with Crippen molar-refractivity contribution in [3.05, 3.63) is 29.8 Å². The van der Waals surface area contributed by atoms with Crippen molar-refractivity contribution in [3.63, 3.8) is 0 Å². The third-order valence-corrected chi connectivity index (χ3v) is 5.66. The molecule has 6 nitrogen and oxygen atoms in total. The van der Waals surface area contributed by atoms with Crippen molar-refractivity contribution in [2.75, 3.05) is 19.6 Å². The molecule has 0 bridgehead atoms. The maximum absolute atomic E-state index is 12.8. The summed E-state index contributed by atoms with van der Waals surface area (Å²) in [5.41, 5.74) is 1.09. The van der Waals surface area contributed by atoms with E-state index in [4.69, 9.17) is 0 Å². The van der Waals surface area contributed by atoms with Gasteiger partial charge in [0.2, 0.25) is 11.8 Å². The molecule has 26 heavy (non-hydrogen) atoms. The van der Waals surface area contributed by atoms with Gasteiger partial charge in [-0.25, -0.2) is 0 Å². The Hall–Kier alpha value is -2.08. The van der Waals surface area contributed by atoms with Crippen LogP contribution in [0.15, 0.2) is 24.3 Å². The number of phenolic OH excluding ortho intramolecular Hbond substituents is 1. The standard InChI is InChI=1S/C20H29N3O3/c1-4-14(2)11-22-13-18-21(12-16-5-7-17(24)8-6-16)10-9-19(25)23(18)15(3)20(22)26/h5-8,14-15,18,24H,4,9-13H2,1-3H3/t14?,15-,18?/m1/s1. The zero-order valence-electron chi connectivity index (χ0n) is 15.9. The minimum absolute atomic E-state index is 0.0568. The van der Waals surface area contributed by atoms with E-state index >= 15 is 0 Å². The molecular formula is C20H29N3O3. The third-order valence-electron chi connectivity index (χ3n) is 5.66. The van der Waals surface area contributed by atoms with E-state index in [0.717, 1.165) is 18.5 Å². The van der Waals surface area contributed by atoms with E-state index in [-0.39, 0.29) is 23.7 Å². The Morgan fingerprint density at radius 2 is 1.92 bits per heavy atom. The lowest BCUT2D eigenvalue weighted by molar-refractivity contribution is -0.169. The number of carbonyl (C=O) groups is 2. The molecule has 2 heterocycles. The molecular weight excluding hydrogens is 330 g/mol. The lowest BCUT2D eigenvalue weighted by atomic mass is 10.0. The lowest BCUT2D eigenvalue weighted by Crippen LogP contribution is -2.69. The number of carbonyl (C=O) groups excluding carboxylic acids is 2. The van der Waals surface area contributed by atoms with Gasteiger partial charge in [-0.1, -0.05) is 32.4 Å². The van der Waals surface area contributed by atoms with Gasteiger partial charge in [0.25, 0.3) is 0 Å². The molecule has 142 valence electrons. The zero-order valence-corrected chi connectivity index (χ0v) is 15.9. The summed E-state index contributed by atoms with van der Waals surface area (Å²) in [5, 5.41) is 9.48. The van der Waals surface area contributed by atoms with Crippen LogP contribution < -0.4 is 0 Å². The number of phenols is 1. The fourth-order valence-corrected chi connectivity index (χ4v) is 3.90. The van der Waals surface area contributed by atoms with Gasteiger partial charge in [-0.15, -0.1) is 0 Å². The number of nitrogens with zero attached hydrogens (tertiary/aromatic N) is 3. The lowest BCUT2D eigenvalue weighted by Gasteiger charge is -2.52. The minimum Gasteiger partial charge on any atom is -0.508 e. The fourth-order valence-electron chi connectivity index (χ4n) is 3.90. The molecule has 0 aliphatic carbocycles. The Kier molecular flexibility index (Phi) is 5.51. The normalized spacial score (nSPS) is 25.3. The maximum atomic E-state index is 12.8. The Balaban J connectivity index is 1.80. The number of amides is 2. The van der Waals surface area contributed by atoms with Crippen LogP contribution in [0.2, 0.25) is 0 Å². The summed E-state index contributed by atoms with van der Waals surface area (Å²) < 4.78 is 0. The molecule has 2 aliphatic rings. The molecule has 2 unspecified atom stereocenters. The van der Waals surface area contributed by atoms with Crippen LogP contribution in [-0.2, 0) is 16.1 Å². The number of hydrogen-bond acceptors (Lipinski definition) is 4. The number of fused-ring (bicyclic) bond motifs is 1. The van der Waals surface area contributed by atoms with E-state index in [1.807, 2.05) is 24.0 Å². The van der Waals surface area contributed by atoms with Gasteiger partial charge in [-0.05, 0) is 30.5 Å². The highest BCUT2D eigenvalue weighted by atomic mass is 16.3.